The van der Waals surface area contributed by atoms with Gasteiger partial charge in [0.2, 0.25) is 0 Å². The molecule has 1 aromatic rings. The molecular formula is C18H27N. The molecule has 1 nitrogen and oxygen atoms in total. The highest BCUT2D eigenvalue weighted by molar-refractivity contribution is 5.13. The van der Waals surface area contributed by atoms with Crippen LogP contribution in [0.25, 0.3) is 0 Å². The number of hydrogen-bond acceptors (Lipinski definition) is 1. The third kappa shape index (κ3) is 7.01. The molecule has 0 spiro atoms. The Labute approximate surface area is 118 Å². The van der Waals surface area contributed by atoms with E-state index in [1.165, 1.54) is 36.9 Å². The van der Waals surface area contributed by atoms with Crippen LogP contribution in [0.3, 0.4) is 0 Å². The van der Waals surface area contributed by atoms with Crippen LogP contribution in [0.15, 0.2) is 18.3 Å². The molecular weight excluding hydrogens is 230 g/mol. The van der Waals surface area contributed by atoms with Crippen LogP contribution in [0, 0.1) is 24.7 Å². The summed E-state index contributed by atoms with van der Waals surface area (Å²) in [5.41, 5.74) is 2.48. The quantitative estimate of drug-likeness (QED) is 0.684. The van der Waals surface area contributed by atoms with E-state index in [4.69, 9.17) is 0 Å². The monoisotopic (exact) mass is 257 g/mol. The van der Waals surface area contributed by atoms with Gasteiger partial charge in [0.25, 0.3) is 0 Å². The normalized spacial score (nSPS) is 18.2. The molecule has 0 fully saturated rings. The molecule has 2 rings (SSSR count). The predicted molar refractivity (Wildman–Crippen MR) is 83.0 cm³/mol. The summed E-state index contributed by atoms with van der Waals surface area (Å²) in [5.74, 6) is 7.24. The van der Waals surface area contributed by atoms with E-state index in [-0.39, 0.29) is 0 Å². The number of rotatable bonds is 2. The number of aryl methyl sites for hydroxylation is 1. The lowest BCUT2D eigenvalue weighted by molar-refractivity contribution is 0.435. The zero-order chi connectivity index (χ0) is 13.9. The minimum Gasteiger partial charge on any atom is -0.261 e. The van der Waals surface area contributed by atoms with Crippen molar-refractivity contribution in [2.45, 2.75) is 65.7 Å². The summed E-state index contributed by atoms with van der Waals surface area (Å²) in [6.07, 6.45) is 10.3. The van der Waals surface area contributed by atoms with Crippen LogP contribution in [0.5, 0.6) is 0 Å². The van der Waals surface area contributed by atoms with Gasteiger partial charge >= 0.3 is 0 Å². The molecule has 0 radical (unpaired) electrons. The van der Waals surface area contributed by atoms with Crippen molar-refractivity contribution in [2.24, 2.45) is 5.92 Å². The summed E-state index contributed by atoms with van der Waals surface area (Å²) in [4.78, 5) is 4.49. The fourth-order valence-corrected chi connectivity index (χ4v) is 2.20. The topological polar surface area (TPSA) is 12.9 Å². The highest BCUT2D eigenvalue weighted by Gasteiger charge is 2.10. The van der Waals surface area contributed by atoms with Crippen molar-refractivity contribution in [3.8, 4) is 11.8 Å². The standard InChI is InChI=1S/C15H19N.C3H8/c1-13-9-10-15(16-12-13)11-14-7-5-3-2-4-6-8-14;1-3-2/h9-10,12,14H,3,5-8,11H2,1H3;3H2,1-2H3. The van der Waals surface area contributed by atoms with Crippen LogP contribution in [-0.4, -0.2) is 4.98 Å². The maximum atomic E-state index is 4.49. The van der Waals surface area contributed by atoms with Crippen molar-refractivity contribution in [3.05, 3.63) is 29.6 Å². The van der Waals surface area contributed by atoms with Gasteiger partial charge in [0, 0.05) is 24.7 Å². The van der Waals surface area contributed by atoms with Gasteiger partial charge in [0.1, 0.15) is 0 Å². The second-order valence-corrected chi connectivity index (χ2v) is 5.39. The first-order valence-corrected chi connectivity index (χ1v) is 7.63. The highest BCUT2D eigenvalue weighted by Crippen LogP contribution is 2.20. The van der Waals surface area contributed by atoms with Gasteiger partial charge in [-0.3, -0.25) is 4.98 Å². The van der Waals surface area contributed by atoms with Crippen LogP contribution < -0.4 is 0 Å². The number of hydrogen-bond donors (Lipinski definition) is 0. The third-order valence-corrected chi connectivity index (χ3v) is 3.19. The van der Waals surface area contributed by atoms with Crippen LogP contribution in [0.1, 0.15) is 63.6 Å². The van der Waals surface area contributed by atoms with Crippen molar-refractivity contribution in [1.82, 2.24) is 4.98 Å². The lowest BCUT2D eigenvalue weighted by Crippen LogP contribution is -2.07. The second kappa shape index (κ2) is 9.62. The molecule has 1 unspecified atom stereocenters. The Morgan fingerprint density at radius 3 is 2.58 bits per heavy atom. The summed E-state index contributed by atoms with van der Waals surface area (Å²) in [7, 11) is 0. The Balaban J connectivity index is 0.000000550. The molecule has 0 N–H and O–H groups in total. The molecule has 104 valence electrons. The van der Waals surface area contributed by atoms with Crippen LogP contribution in [0.2, 0.25) is 0 Å². The molecule has 0 aliphatic heterocycles. The van der Waals surface area contributed by atoms with Gasteiger partial charge in [-0.1, -0.05) is 26.3 Å². The molecule has 0 aromatic carbocycles. The van der Waals surface area contributed by atoms with E-state index < -0.39 is 0 Å². The minimum absolute atomic E-state index is 0.782. The van der Waals surface area contributed by atoms with Crippen molar-refractivity contribution < 1.29 is 0 Å². The van der Waals surface area contributed by atoms with E-state index in [9.17, 15) is 0 Å². The summed E-state index contributed by atoms with van der Waals surface area (Å²) >= 11 is 0. The van der Waals surface area contributed by atoms with E-state index in [0.717, 1.165) is 25.2 Å². The van der Waals surface area contributed by atoms with E-state index >= 15 is 0 Å². The zero-order valence-corrected chi connectivity index (χ0v) is 12.7. The molecule has 1 heterocycles. The Kier molecular flexibility index (Phi) is 7.98. The van der Waals surface area contributed by atoms with Gasteiger partial charge < -0.3 is 0 Å². The van der Waals surface area contributed by atoms with Gasteiger partial charge in [0.15, 0.2) is 0 Å². The summed E-state index contributed by atoms with van der Waals surface area (Å²) in [6, 6.07) is 4.32. The Morgan fingerprint density at radius 1 is 1.16 bits per heavy atom. The molecule has 0 amide bonds. The van der Waals surface area contributed by atoms with Crippen LogP contribution >= 0.6 is 0 Å². The lowest BCUT2D eigenvalue weighted by Gasteiger charge is -2.15. The maximum Gasteiger partial charge on any atom is 0.0406 e. The van der Waals surface area contributed by atoms with E-state index in [1.54, 1.807) is 0 Å². The number of aromatic nitrogens is 1. The SMILES string of the molecule is CCC.Cc1ccc(CC2CCC#CCCC2)nc1. The fraction of sp³-hybridized carbons (Fsp3) is 0.611. The average Bonchev–Trinajstić information content (AvgIpc) is 2.36. The van der Waals surface area contributed by atoms with E-state index in [2.05, 4.69) is 49.7 Å². The molecule has 0 bridgehead atoms. The summed E-state index contributed by atoms with van der Waals surface area (Å²) in [6.45, 7) is 6.34. The van der Waals surface area contributed by atoms with Gasteiger partial charge in [-0.15, -0.1) is 11.8 Å². The molecule has 1 aliphatic carbocycles. The molecule has 1 aliphatic rings. The zero-order valence-electron chi connectivity index (χ0n) is 12.7. The lowest BCUT2D eigenvalue weighted by atomic mass is 9.90. The maximum absolute atomic E-state index is 4.49. The van der Waals surface area contributed by atoms with Crippen molar-refractivity contribution in [1.29, 1.82) is 0 Å². The minimum atomic E-state index is 0.782. The molecule has 19 heavy (non-hydrogen) atoms. The fourth-order valence-electron chi connectivity index (χ4n) is 2.20. The van der Waals surface area contributed by atoms with Gasteiger partial charge in [-0.2, -0.15) is 0 Å². The number of pyridine rings is 1. The van der Waals surface area contributed by atoms with E-state index in [0.29, 0.717) is 0 Å². The van der Waals surface area contributed by atoms with E-state index in [1.807, 2.05) is 6.20 Å². The van der Waals surface area contributed by atoms with Crippen molar-refractivity contribution in [3.63, 3.8) is 0 Å². The van der Waals surface area contributed by atoms with Gasteiger partial charge in [-0.25, -0.2) is 0 Å². The Hall–Kier alpha value is -1.29. The Morgan fingerprint density at radius 2 is 1.89 bits per heavy atom. The first kappa shape index (κ1) is 15.8. The third-order valence-electron chi connectivity index (χ3n) is 3.19. The van der Waals surface area contributed by atoms with Gasteiger partial charge in [-0.05, 0) is 50.2 Å². The first-order valence-electron chi connectivity index (χ1n) is 7.63. The molecule has 0 saturated carbocycles. The Bertz CT molecular complexity index is 394. The van der Waals surface area contributed by atoms with Crippen LogP contribution in [-0.2, 0) is 6.42 Å². The molecule has 1 heteroatoms. The second-order valence-electron chi connectivity index (χ2n) is 5.39. The molecule has 1 atom stereocenters. The van der Waals surface area contributed by atoms with Gasteiger partial charge in [0.05, 0.1) is 0 Å². The largest absolute Gasteiger partial charge is 0.261 e. The summed E-state index contributed by atoms with van der Waals surface area (Å²) < 4.78 is 0. The van der Waals surface area contributed by atoms with Crippen LogP contribution in [0.4, 0.5) is 0 Å². The highest BCUT2D eigenvalue weighted by atomic mass is 14.7. The average molecular weight is 257 g/mol. The number of nitrogens with zero attached hydrogens (tertiary/aromatic N) is 1. The smallest absolute Gasteiger partial charge is 0.0406 e. The first-order chi connectivity index (χ1) is 9.26. The summed E-state index contributed by atoms with van der Waals surface area (Å²) in [5, 5.41) is 0. The van der Waals surface area contributed by atoms with Crippen molar-refractivity contribution in [2.75, 3.05) is 0 Å². The molecule has 1 aromatic heterocycles. The van der Waals surface area contributed by atoms with Crippen molar-refractivity contribution >= 4 is 0 Å². The molecule has 0 saturated heterocycles. The predicted octanol–water partition coefficient (Wildman–Crippen LogP) is 4.93.